The van der Waals surface area contributed by atoms with Gasteiger partial charge in [-0.3, -0.25) is 4.57 Å². The largest absolute Gasteiger partial charge is 0.309 e. The second-order valence-electron chi connectivity index (χ2n) is 10.0. The van der Waals surface area contributed by atoms with Gasteiger partial charge < -0.3 is 4.57 Å². The van der Waals surface area contributed by atoms with Gasteiger partial charge in [-0.2, -0.15) is 5.26 Å². The van der Waals surface area contributed by atoms with E-state index in [1.807, 2.05) is 18.3 Å². The minimum atomic E-state index is 0.612. The molecule has 0 saturated carbocycles. The molecule has 40 heavy (non-hydrogen) atoms. The first-order chi connectivity index (χ1) is 19.8. The highest BCUT2D eigenvalue weighted by atomic mass is 15.1. The van der Waals surface area contributed by atoms with Crippen LogP contribution in [0.25, 0.3) is 66.2 Å². The van der Waals surface area contributed by atoms with Crippen molar-refractivity contribution in [1.82, 2.24) is 14.1 Å². The van der Waals surface area contributed by atoms with Crippen LogP contribution >= 0.6 is 0 Å². The van der Waals surface area contributed by atoms with E-state index in [1.165, 1.54) is 21.5 Å². The predicted octanol–water partition coefficient (Wildman–Crippen LogP) is 8.81. The maximum absolute atomic E-state index is 9.95. The Morgan fingerprint density at radius 1 is 0.500 bits per heavy atom. The van der Waals surface area contributed by atoms with Crippen molar-refractivity contribution in [1.29, 1.82) is 5.26 Å². The zero-order valence-corrected chi connectivity index (χ0v) is 21.5. The van der Waals surface area contributed by atoms with E-state index in [0.717, 1.165) is 44.7 Å². The zero-order valence-electron chi connectivity index (χ0n) is 21.5. The van der Waals surface area contributed by atoms with Crippen LogP contribution in [-0.4, -0.2) is 14.1 Å². The lowest BCUT2D eigenvalue weighted by molar-refractivity contribution is 1.08. The van der Waals surface area contributed by atoms with E-state index in [4.69, 9.17) is 4.98 Å². The summed E-state index contributed by atoms with van der Waals surface area (Å²) in [4.78, 5) is 4.92. The molecule has 3 aromatic heterocycles. The van der Waals surface area contributed by atoms with E-state index in [2.05, 4.69) is 130 Å². The second kappa shape index (κ2) is 8.69. The molecular weight excluding hydrogens is 488 g/mol. The molecule has 186 valence electrons. The summed E-state index contributed by atoms with van der Waals surface area (Å²) in [5.41, 5.74) is 7.97. The number of rotatable bonds is 3. The molecule has 0 aliphatic rings. The first-order valence-electron chi connectivity index (χ1n) is 13.3. The number of nitriles is 1. The van der Waals surface area contributed by atoms with E-state index >= 15 is 0 Å². The lowest BCUT2D eigenvalue weighted by Crippen LogP contribution is -1.98. The second-order valence-corrected chi connectivity index (χ2v) is 10.0. The smallest absolute Gasteiger partial charge is 0.137 e. The van der Waals surface area contributed by atoms with Crippen LogP contribution in [0.1, 0.15) is 5.56 Å². The molecule has 0 aliphatic heterocycles. The van der Waals surface area contributed by atoms with Gasteiger partial charge in [-0.1, -0.05) is 72.8 Å². The highest BCUT2D eigenvalue weighted by Crippen LogP contribution is 2.35. The van der Waals surface area contributed by atoms with Gasteiger partial charge in [-0.05, 0) is 60.2 Å². The molecule has 4 nitrogen and oxygen atoms in total. The van der Waals surface area contributed by atoms with Crippen molar-refractivity contribution in [2.75, 3.05) is 0 Å². The molecule has 0 radical (unpaired) electrons. The highest BCUT2D eigenvalue weighted by molar-refractivity contribution is 6.10. The molecule has 0 bridgehead atoms. The monoisotopic (exact) mass is 510 g/mol. The van der Waals surface area contributed by atoms with Gasteiger partial charge >= 0.3 is 0 Å². The third-order valence-electron chi connectivity index (χ3n) is 7.78. The van der Waals surface area contributed by atoms with Crippen molar-refractivity contribution in [3.8, 4) is 28.7 Å². The molecule has 0 fully saturated rings. The molecule has 3 heterocycles. The number of aromatic nitrogens is 3. The molecule has 5 aromatic carbocycles. The molecule has 8 rings (SSSR count). The quantitative estimate of drug-likeness (QED) is 0.238. The SMILES string of the molecule is N#Cc1cc(-c2ccc(-n3c4ccccc4c4ccccc43)nc2)cc(-n2c3ccccc3c3ccccc32)c1. The minimum absolute atomic E-state index is 0.612. The highest BCUT2D eigenvalue weighted by Gasteiger charge is 2.15. The summed E-state index contributed by atoms with van der Waals surface area (Å²) in [7, 11) is 0. The fraction of sp³-hybridized carbons (Fsp3) is 0. The summed E-state index contributed by atoms with van der Waals surface area (Å²) >= 11 is 0. The van der Waals surface area contributed by atoms with Crippen molar-refractivity contribution in [3.63, 3.8) is 0 Å². The van der Waals surface area contributed by atoms with Gasteiger partial charge in [0.1, 0.15) is 5.82 Å². The maximum Gasteiger partial charge on any atom is 0.137 e. The van der Waals surface area contributed by atoms with Crippen LogP contribution in [0.2, 0.25) is 0 Å². The molecule has 0 atom stereocenters. The van der Waals surface area contributed by atoms with Crippen LogP contribution in [0, 0.1) is 11.3 Å². The van der Waals surface area contributed by atoms with Gasteiger partial charge in [0.05, 0.1) is 33.7 Å². The Morgan fingerprint density at radius 2 is 1.00 bits per heavy atom. The lowest BCUT2D eigenvalue weighted by atomic mass is 10.0. The van der Waals surface area contributed by atoms with E-state index < -0.39 is 0 Å². The average Bonchev–Trinajstić information content (AvgIpc) is 3.54. The van der Waals surface area contributed by atoms with E-state index in [9.17, 15) is 5.26 Å². The molecule has 0 saturated heterocycles. The topological polar surface area (TPSA) is 46.5 Å². The number of pyridine rings is 1. The maximum atomic E-state index is 9.95. The number of hydrogen-bond donors (Lipinski definition) is 0. The Labute approximate surface area is 230 Å². The van der Waals surface area contributed by atoms with Gasteiger partial charge in [-0.25, -0.2) is 4.98 Å². The molecular formula is C36H22N4. The first kappa shape index (κ1) is 22.3. The zero-order chi connectivity index (χ0) is 26.6. The Balaban J connectivity index is 1.29. The fourth-order valence-electron chi connectivity index (χ4n) is 6.03. The summed E-state index contributed by atoms with van der Waals surface area (Å²) in [6.07, 6.45) is 1.91. The van der Waals surface area contributed by atoms with Gasteiger partial charge in [0.15, 0.2) is 0 Å². The Kier molecular flexibility index (Phi) is 4.85. The lowest BCUT2D eigenvalue weighted by Gasteiger charge is -2.12. The number of para-hydroxylation sites is 4. The number of hydrogen-bond acceptors (Lipinski definition) is 2. The third kappa shape index (κ3) is 3.28. The predicted molar refractivity (Wildman–Crippen MR) is 163 cm³/mol. The standard InChI is InChI=1S/C36H22N4/c37-22-24-19-26(21-27(20-24)39-32-13-5-1-9-28(32)29-10-2-6-14-33(29)39)25-17-18-36(38-23-25)40-34-15-7-3-11-30(34)31-12-4-8-16-35(31)40/h1-21,23H. The molecule has 0 aliphatic carbocycles. The van der Waals surface area contributed by atoms with Crippen molar-refractivity contribution >= 4 is 43.6 Å². The summed E-state index contributed by atoms with van der Waals surface area (Å²) in [6, 6.07) is 46.3. The normalized spacial score (nSPS) is 11.5. The Bertz CT molecular complexity index is 2170. The molecule has 0 amide bonds. The van der Waals surface area contributed by atoms with Crippen LogP contribution in [-0.2, 0) is 0 Å². The van der Waals surface area contributed by atoms with Gasteiger partial charge in [0, 0.05) is 39.0 Å². The summed E-state index contributed by atoms with van der Waals surface area (Å²) in [5, 5.41) is 14.8. The van der Waals surface area contributed by atoms with Crippen LogP contribution < -0.4 is 0 Å². The van der Waals surface area contributed by atoms with Crippen molar-refractivity contribution in [2.45, 2.75) is 0 Å². The molecule has 0 spiro atoms. The summed E-state index contributed by atoms with van der Waals surface area (Å²) in [5.74, 6) is 0.861. The van der Waals surface area contributed by atoms with Gasteiger partial charge in [-0.15, -0.1) is 0 Å². The number of benzene rings is 5. The van der Waals surface area contributed by atoms with Crippen LogP contribution in [0.15, 0.2) is 134 Å². The summed E-state index contributed by atoms with van der Waals surface area (Å²) in [6.45, 7) is 0. The fourth-order valence-corrected chi connectivity index (χ4v) is 6.03. The van der Waals surface area contributed by atoms with E-state index in [-0.39, 0.29) is 0 Å². The van der Waals surface area contributed by atoms with Crippen molar-refractivity contribution in [3.05, 3.63) is 139 Å². The Morgan fingerprint density at radius 3 is 1.48 bits per heavy atom. The minimum Gasteiger partial charge on any atom is -0.309 e. The Hall–Kier alpha value is -5.66. The van der Waals surface area contributed by atoms with E-state index in [1.54, 1.807) is 0 Å². The van der Waals surface area contributed by atoms with Crippen molar-refractivity contribution in [2.24, 2.45) is 0 Å². The summed E-state index contributed by atoms with van der Waals surface area (Å²) < 4.78 is 4.46. The van der Waals surface area contributed by atoms with Gasteiger partial charge in [0.25, 0.3) is 0 Å². The van der Waals surface area contributed by atoms with Crippen LogP contribution in [0.3, 0.4) is 0 Å². The van der Waals surface area contributed by atoms with Crippen LogP contribution in [0.4, 0.5) is 0 Å². The van der Waals surface area contributed by atoms with Crippen LogP contribution in [0.5, 0.6) is 0 Å². The van der Waals surface area contributed by atoms with Crippen molar-refractivity contribution < 1.29 is 0 Å². The number of fused-ring (bicyclic) bond motifs is 6. The van der Waals surface area contributed by atoms with Gasteiger partial charge in [0.2, 0.25) is 0 Å². The average molecular weight is 511 g/mol. The molecule has 0 unspecified atom stereocenters. The first-order valence-corrected chi connectivity index (χ1v) is 13.3. The molecule has 8 aromatic rings. The third-order valence-corrected chi connectivity index (χ3v) is 7.78. The molecule has 0 N–H and O–H groups in total. The number of nitrogens with zero attached hydrogens (tertiary/aromatic N) is 4. The molecule has 4 heteroatoms. The van der Waals surface area contributed by atoms with E-state index in [0.29, 0.717) is 5.56 Å².